The van der Waals surface area contributed by atoms with Gasteiger partial charge in [-0.1, -0.05) is 17.7 Å². The molecule has 14 heavy (non-hydrogen) atoms. The number of halogens is 1. The van der Waals surface area contributed by atoms with E-state index in [1.54, 1.807) is 25.2 Å². The van der Waals surface area contributed by atoms with Crippen molar-refractivity contribution in [3.05, 3.63) is 34.3 Å². The lowest BCUT2D eigenvalue weighted by Gasteiger charge is -2.13. The van der Waals surface area contributed by atoms with Gasteiger partial charge in [0.2, 0.25) is 0 Å². The zero-order chi connectivity index (χ0) is 10.6. The van der Waals surface area contributed by atoms with Crippen LogP contribution in [-0.4, -0.2) is 18.8 Å². The predicted molar refractivity (Wildman–Crippen MR) is 55.1 cm³/mol. The molecule has 0 aliphatic rings. The number of rotatable bonds is 3. The standard InChI is InChI=1S/C10H11ClN2O/c1-13-10(6-14)7-2-3-9(11)8(4-7)5-12/h2-4,10,13-14H,6H2,1H3/t10-/m1/s1. The number of aliphatic hydroxyl groups is 1. The van der Waals surface area contributed by atoms with Crippen LogP contribution in [0.25, 0.3) is 0 Å². The minimum Gasteiger partial charge on any atom is -0.394 e. The van der Waals surface area contributed by atoms with Gasteiger partial charge >= 0.3 is 0 Å². The molecule has 0 bridgehead atoms. The molecule has 2 N–H and O–H groups in total. The van der Waals surface area contributed by atoms with Gasteiger partial charge < -0.3 is 10.4 Å². The van der Waals surface area contributed by atoms with Crippen LogP contribution in [0.4, 0.5) is 0 Å². The van der Waals surface area contributed by atoms with Crippen molar-refractivity contribution in [3.8, 4) is 6.07 Å². The summed E-state index contributed by atoms with van der Waals surface area (Å²) in [4.78, 5) is 0. The van der Waals surface area contributed by atoms with Crippen LogP contribution in [0.5, 0.6) is 0 Å². The highest BCUT2D eigenvalue weighted by atomic mass is 35.5. The highest BCUT2D eigenvalue weighted by Gasteiger charge is 2.09. The van der Waals surface area contributed by atoms with Crippen molar-refractivity contribution in [1.29, 1.82) is 5.26 Å². The first kappa shape index (κ1) is 11.0. The number of hydrogen-bond acceptors (Lipinski definition) is 3. The van der Waals surface area contributed by atoms with Crippen LogP contribution in [0, 0.1) is 11.3 Å². The molecule has 1 atom stereocenters. The minimum absolute atomic E-state index is 0.0109. The zero-order valence-electron chi connectivity index (χ0n) is 7.79. The minimum atomic E-state index is -0.153. The van der Waals surface area contributed by atoms with Gasteiger partial charge in [-0.3, -0.25) is 0 Å². The van der Waals surface area contributed by atoms with Crippen molar-refractivity contribution in [3.63, 3.8) is 0 Å². The fourth-order valence-electron chi connectivity index (χ4n) is 1.21. The maximum Gasteiger partial charge on any atom is 0.101 e. The number of benzene rings is 1. The molecule has 0 unspecified atom stereocenters. The van der Waals surface area contributed by atoms with Gasteiger partial charge in [0.25, 0.3) is 0 Å². The van der Waals surface area contributed by atoms with E-state index in [0.717, 1.165) is 5.56 Å². The van der Waals surface area contributed by atoms with Gasteiger partial charge in [0.15, 0.2) is 0 Å². The molecule has 1 rings (SSSR count). The largest absolute Gasteiger partial charge is 0.394 e. The fraction of sp³-hybridized carbons (Fsp3) is 0.300. The molecule has 0 saturated carbocycles. The van der Waals surface area contributed by atoms with Gasteiger partial charge in [0.05, 0.1) is 23.2 Å². The summed E-state index contributed by atoms with van der Waals surface area (Å²) in [5, 5.41) is 21.2. The number of nitriles is 1. The first-order valence-corrected chi connectivity index (χ1v) is 4.58. The van der Waals surface area contributed by atoms with Crippen LogP contribution in [-0.2, 0) is 0 Å². The lowest BCUT2D eigenvalue weighted by molar-refractivity contribution is 0.251. The summed E-state index contributed by atoms with van der Waals surface area (Å²) >= 11 is 5.78. The van der Waals surface area contributed by atoms with Crippen molar-refractivity contribution < 1.29 is 5.11 Å². The van der Waals surface area contributed by atoms with E-state index < -0.39 is 0 Å². The number of likely N-dealkylation sites (N-methyl/N-ethyl adjacent to an activating group) is 1. The van der Waals surface area contributed by atoms with Crippen molar-refractivity contribution in [1.82, 2.24) is 5.32 Å². The summed E-state index contributed by atoms with van der Waals surface area (Å²) in [5.74, 6) is 0. The summed E-state index contributed by atoms with van der Waals surface area (Å²) in [6.45, 7) is -0.0109. The first-order chi connectivity index (χ1) is 6.72. The van der Waals surface area contributed by atoms with Crippen molar-refractivity contribution in [2.45, 2.75) is 6.04 Å². The molecule has 0 heterocycles. The maximum absolute atomic E-state index is 9.03. The second-order valence-electron chi connectivity index (χ2n) is 2.87. The number of aliphatic hydroxyl groups excluding tert-OH is 1. The highest BCUT2D eigenvalue weighted by Crippen LogP contribution is 2.20. The lowest BCUT2D eigenvalue weighted by atomic mass is 10.1. The Kier molecular flexibility index (Phi) is 3.90. The molecule has 0 radical (unpaired) electrons. The first-order valence-electron chi connectivity index (χ1n) is 4.20. The molecule has 0 amide bonds. The third kappa shape index (κ3) is 2.24. The van der Waals surface area contributed by atoms with Crippen molar-refractivity contribution in [2.24, 2.45) is 0 Å². The number of nitrogens with zero attached hydrogens (tertiary/aromatic N) is 1. The zero-order valence-corrected chi connectivity index (χ0v) is 8.54. The quantitative estimate of drug-likeness (QED) is 0.795. The van der Waals surface area contributed by atoms with Crippen LogP contribution in [0.3, 0.4) is 0 Å². The Hall–Kier alpha value is -1.08. The van der Waals surface area contributed by atoms with Crippen molar-refractivity contribution >= 4 is 11.6 Å². The average Bonchev–Trinajstić information content (AvgIpc) is 2.22. The van der Waals surface area contributed by atoms with E-state index in [-0.39, 0.29) is 12.6 Å². The molecule has 1 aromatic carbocycles. The third-order valence-corrected chi connectivity index (χ3v) is 2.37. The fourth-order valence-corrected chi connectivity index (χ4v) is 1.37. The summed E-state index contributed by atoms with van der Waals surface area (Å²) in [5.41, 5.74) is 1.29. The summed E-state index contributed by atoms with van der Waals surface area (Å²) in [6.07, 6.45) is 0. The topological polar surface area (TPSA) is 56.0 Å². The molecule has 4 heteroatoms. The Balaban J connectivity index is 3.06. The smallest absolute Gasteiger partial charge is 0.101 e. The average molecular weight is 211 g/mol. The Morgan fingerprint density at radius 1 is 1.64 bits per heavy atom. The molecule has 0 fully saturated rings. The van der Waals surface area contributed by atoms with E-state index in [1.807, 2.05) is 6.07 Å². The number of hydrogen-bond donors (Lipinski definition) is 2. The molecule has 3 nitrogen and oxygen atoms in total. The van der Waals surface area contributed by atoms with E-state index >= 15 is 0 Å². The molecular formula is C10H11ClN2O. The molecular weight excluding hydrogens is 200 g/mol. The molecule has 0 aliphatic carbocycles. The van der Waals surface area contributed by atoms with Gasteiger partial charge in [-0.05, 0) is 24.7 Å². The Morgan fingerprint density at radius 3 is 2.86 bits per heavy atom. The van der Waals surface area contributed by atoms with E-state index in [2.05, 4.69) is 5.32 Å². The van der Waals surface area contributed by atoms with Crippen LogP contribution in [0.2, 0.25) is 5.02 Å². The third-order valence-electron chi connectivity index (χ3n) is 2.04. The second-order valence-corrected chi connectivity index (χ2v) is 3.28. The summed E-state index contributed by atoms with van der Waals surface area (Å²) < 4.78 is 0. The summed E-state index contributed by atoms with van der Waals surface area (Å²) in [7, 11) is 1.75. The SMILES string of the molecule is CN[C@H](CO)c1ccc(Cl)c(C#N)c1. The van der Waals surface area contributed by atoms with Gasteiger partial charge in [-0.15, -0.1) is 0 Å². The summed E-state index contributed by atoms with van der Waals surface area (Å²) in [6, 6.07) is 6.98. The molecule has 0 aliphatic heterocycles. The molecule has 1 aromatic rings. The van der Waals surface area contributed by atoms with E-state index in [0.29, 0.717) is 10.6 Å². The maximum atomic E-state index is 9.03. The van der Waals surface area contributed by atoms with Crippen LogP contribution >= 0.6 is 11.6 Å². The highest BCUT2D eigenvalue weighted by molar-refractivity contribution is 6.31. The molecule has 0 spiro atoms. The van der Waals surface area contributed by atoms with Gasteiger partial charge in [0.1, 0.15) is 6.07 Å². The van der Waals surface area contributed by atoms with Crippen LogP contribution in [0.1, 0.15) is 17.2 Å². The molecule has 0 saturated heterocycles. The van der Waals surface area contributed by atoms with Gasteiger partial charge in [-0.25, -0.2) is 0 Å². The molecule has 74 valence electrons. The van der Waals surface area contributed by atoms with Crippen LogP contribution < -0.4 is 5.32 Å². The van der Waals surface area contributed by atoms with Gasteiger partial charge in [-0.2, -0.15) is 5.26 Å². The van der Waals surface area contributed by atoms with E-state index in [4.69, 9.17) is 22.0 Å². The van der Waals surface area contributed by atoms with E-state index in [9.17, 15) is 0 Å². The Labute approximate surface area is 87.9 Å². The van der Waals surface area contributed by atoms with Crippen LogP contribution in [0.15, 0.2) is 18.2 Å². The Morgan fingerprint density at radius 2 is 2.36 bits per heavy atom. The van der Waals surface area contributed by atoms with E-state index in [1.165, 1.54) is 0 Å². The lowest BCUT2D eigenvalue weighted by Crippen LogP contribution is -2.19. The van der Waals surface area contributed by atoms with Gasteiger partial charge in [0, 0.05) is 0 Å². The normalized spacial score (nSPS) is 12.1. The number of nitrogens with one attached hydrogen (secondary N) is 1. The second kappa shape index (κ2) is 4.97. The Bertz CT molecular complexity index is 356. The van der Waals surface area contributed by atoms with Crippen molar-refractivity contribution in [2.75, 3.05) is 13.7 Å². The predicted octanol–water partition coefficient (Wildman–Crippen LogP) is 1.46. The monoisotopic (exact) mass is 210 g/mol. The molecule has 0 aromatic heterocycles.